The highest BCUT2D eigenvalue weighted by Gasteiger charge is 2.35. The Morgan fingerprint density at radius 3 is 2.37 bits per heavy atom. The lowest BCUT2D eigenvalue weighted by Gasteiger charge is -2.38. The quantitative estimate of drug-likeness (QED) is 0.381. The molecule has 1 aliphatic heterocycles. The van der Waals surface area contributed by atoms with Crippen LogP contribution in [0.15, 0.2) is 42.5 Å². The topological polar surface area (TPSA) is 123 Å². The van der Waals surface area contributed by atoms with Crippen LogP contribution in [0.5, 0.6) is 5.75 Å². The zero-order valence-electron chi connectivity index (χ0n) is 23.6. The molecule has 0 fully saturated rings. The van der Waals surface area contributed by atoms with Crippen molar-refractivity contribution in [2.45, 2.75) is 52.1 Å². The molecule has 1 aliphatic rings. The summed E-state index contributed by atoms with van der Waals surface area (Å²) >= 11 is 0. The fourth-order valence-corrected chi connectivity index (χ4v) is 4.30. The molecule has 0 spiro atoms. The van der Waals surface area contributed by atoms with Crippen LogP contribution < -0.4 is 20.7 Å². The van der Waals surface area contributed by atoms with E-state index in [1.54, 1.807) is 20.0 Å². The normalized spacial score (nSPS) is 18.0. The number of ether oxygens (including phenoxy) is 1. The molecule has 2 aromatic carbocycles. The second kappa shape index (κ2) is 13.1. The molecule has 5 amide bonds. The Labute approximate surface area is 236 Å². The van der Waals surface area contributed by atoms with Crippen molar-refractivity contribution < 1.29 is 37.4 Å². The van der Waals surface area contributed by atoms with Gasteiger partial charge in [0, 0.05) is 31.2 Å². The third-order valence-electron chi connectivity index (χ3n) is 6.62. The number of likely N-dealkylation sites (N-methyl/N-ethyl adjacent to an activating group) is 1. The van der Waals surface area contributed by atoms with Crippen LogP contribution in [0.25, 0.3) is 0 Å². The molecular weight excluding hydrogens is 543 g/mol. The minimum absolute atomic E-state index is 0.0735. The van der Waals surface area contributed by atoms with E-state index >= 15 is 0 Å². The maximum absolute atomic E-state index is 13.6. The van der Waals surface area contributed by atoms with Crippen molar-refractivity contribution in [1.29, 1.82) is 0 Å². The van der Waals surface area contributed by atoms with Gasteiger partial charge in [0.25, 0.3) is 5.91 Å². The number of amides is 5. The van der Waals surface area contributed by atoms with Crippen molar-refractivity contribution in [2.75, 3.05) is 37.4 Å². The molecular formula is C28H36F3N5O5. The predicted octanol–water partition coefficient (Wildman–Crippen LogP) is 4.62. The molecule has 10 nitrogen and oxygen atoms in total. The summed E-state index contributed by atoms with van der Waals surface area (Å²) in [5.41, 5.74) is -0.443. The van der Waals surface area contributed by atoms with E-state index < -0.39 is 35.8 Å². The van der Waals surface area contributed by atoms with E-state index in [1.165, 1.54) is 21.9 Å². The third-order valence-corrected chi connectivity index (χ3v) is 6.62. The second-order valence-corrected chi connectivity index (χ2v) is 10.4. The zero-order chi connectivity index (χ0) is 30.5. The molecule has 0 saturated heterocycles. The summed E-state index contributed by atoms with van der Waals surface area (Å²) in [5, 5.41) is 17.7. The molecule has 3 atom stereocenters. The molecule has 0 unspecified atom stereocenters. The molecule has 1 heterocycles. The second-order valence-electron chi connectivity index (χ2n) is 10.4. The van der Waals surface area contributed by atoms with Gasteiger partial charge in [-0.2, -0.15) is 13.2 Å². The maximum Gasteiger partial charge on any atom is 0.416 e. The molecule has 3 rings (SSSR count). The smallest absolute Gasteiger partial charge is 0.416 e. The number of nitrogens with zero attached hydrogens (tertiary/aromatic N) is 2. The van der Waals surface area contributed by atoms with Crippen LogP contribution in [0.2, 0.25) is 0 Å². The Morgan fingerprint density at radius 1 is 1.12 bits per heavy atom. The van der Waals surface area contributed by atoms with Gasteiger partial charge in [-0.15, -0.1) is 0 Å². The number of hydrogen-bond donors (Lipinski definition) is 4. The summed E-state index contributed by atoms with van der Waals surface area (Å²) in [4.78, 5) is 42.0. The first-order chi connectivity index (χ1) is 19.2. The monoisotopic (exact) mass is 579 g/mol. The van der Waals surface area contributed by atoms with Crippen LogP contribution in [-0.4, -0.2) is 77.8 Å². The molecule has 0 saturated carbocycles. The lowest BCUT2D eigenvalue weighted by molar-refractivity contribution is -0.137. The molecule has 41 heavy (non-hydrogen) atoms. The van der Waals surface area contributed by atoms with E-state index in [1.807, 2.05) is 20.8 Å². The van der Waals surface area contributed by atoms with Gasteiger partial charge in [0.05, 0.1) is 36.0 Å². The number of halogens is 3. The Balaban J connectivity index is 1.92. The highest BCUT2D eigenvalue weighted by molar-refractivity contribution is 6.04. The summed E-state index contributed by atoms with van der Waals surface area (Å²) < 4.78 is 45.0. The fourth-order valence-electron chi connectivity index (χ4n) is 4.30. The van der Waals surface area contributed by atoms with Gasteiger partial charge >= 0.3 is 18.2 Å². The number of carbonyl (C=O) groups is 3. The van der Waals surface area contributed by atoms with E-state index in [9.17, 15) is 32.7 Å². The first-order valence-electron chi connectivity index (χ1n) is 13.2. The lowest BCUT2D eigenvalue weighted by Crippen LogP contribution is -2.51. The fraction of sp³-hybridized carbons (Fsp3) is 0.464. The Hall–Kier alpha value is -4.00. The van der Waals surface area contributed by atoms with E-state index in [0.717, 1.165) is 24.3 Å². The Kier molecular flexibility index (Phi) is 10.1. The number of aliphatic hydroxyl groups is 1. The zero-order valence-corrected chi connectivity index (χ0v) is 23.6. The molecule has 0 aromatic heterocycles. The van der Waals surface area contributed by atoms with Crippen molar-refractivity contribution in [3.8, 4) is 5.75 Å². The maximum atomic E-state index is 13.6. The van der Waals surface area contributed by atoms with Crippen molar-refractivity contribution in [2.24, 2.45) is 5.92 Å². The average molecular weight is 580 g/mol. The van der Waals surface area contributed by atoms with Crippen molar-refractivity contribution in [1.82, 2.24) is 15.1 Å². The van der Waals surface area contributed by atoms with Gasteiger partial charge in [-0.1, -0.05) is 13.0 Å². The molecule has 0 radical (unpaired) electrons. The number of anilines is 2. The summed E-state index contributed by atoms with van der Waals surface area (Å²) in [5.74, 6) is -0.626. The van der Waals surface area contributed by atoms with Crippen LogP contribution in [0, 0.1) is 5.92 Å². The molecule has 224 valence electrons. The number of urea groups is 2. The van der Waals surface area contributed by atoms with Gasteiger partial charge in [0.15, 0.2) is 5.75 Å². The highest BCUT2D eigenvalue weighted by atomic mass is 19.4. The van der Waals surface area contributed by atoms with E-state index in [2.05, 4.69) is 16.0 Å². The van der Waals surface area contributed by atoms with Crippen LogP contribution in [0.4, 0.5) is 34.1 Å². The van der Waals surface area contributed by atoms with Crippen LogP contribution in [0.3, 0.4) is 0 Å². The number of fused-ring (bicyclic) bond motifs is 1. The number of carbonyl (C=O) groups excluding carboxylic acids is 3. The molecule has 4 N–H and O–H groups in total. The van der Waals surface area contributed by atoms with Gasteiger partial charge in [-0.05, 0) is 57.2 Å². The molecule has 2 aromatic rings. The summed E-state index contributed by atoms with van der Waals surface area (Å²) in [6, 6.07) is 6.90. The SMILES string of the molecule is CC(C)NC(=O)N(C)C[C@@H]1Oc2c(NC(=O)Nc3ccc(C(F)(F)F)cc3)cccc2C(=O)N([C@H](C)CO)C[C@@H]1C. The van der Waals surface area contributed by atoms with Crippen LogP contribution in [0.1, 0.15) is 43.6 Å². The van der Waals surface area contributed by atoms with E-state index in [-0.39, 0.29) is 60.4 Å². The highest BCUT2D eigenvalue weighted by Crippen LogP contribution is 2.35. The number of aliphatic hydroxyl groups excluding tert-OH is 1. The number of rotatable bonds is 7. The largest absolute Gasteiger partial charge is 0.485 e. The van der Waals surface area contributed by atoms with Gasteiger partial charge in [0.1, 0.15) is 6.10 Å². The Bertz CT molecular complexity index is 1240. The van der Waals surface area contributed by atoms with Crippen LogP contribution >= 0.6 is 0 Å². The minimum Gasteiger partial charge on any atom is -0.485 e. The third kappa shape index (κ3) is 8.03. The van der Waals surface area contributed by atoms with Crippen molar-refractivity contribution in [3.05, 3.63) is 53.6 Å². The minimum atomic E-state index is -4.51. The van der Waals surface area contributed by atoms with Gasteiger partial charge in [-0.25, -0.2) is 9.59 Å². The average Bonchev–Trinajstić information content (AvgIpc) is 2.89. The first kappa shape index (κ1) is 31.5. The molecule has 0 aliphatic carbocycles. The summed E-state index contributed by atoms with van der Waals surface area (Å²) in [7, 11) is 1.62. The number of hydrogen-bond acceptors (Lipinski definition) is 5. The van der Waals surface area contributed by atoms with Gasteiger partial charge in [-0.3, -0.25) is 4.79 Å². The summed E-state index contributed by atoms with van der Waals surface area (Å²) in [6.07, 6.45) is -5.12. The molecule has 13 heteroatoms. The van der Waals surface area contributed by atoms with Crippen LogP contribution in [-0.2, 0) is 6.18 Å². The standard InChI is InChI=1S/C28H36F3N5O5/c1-16(2)32-27(40)35(5)14-23-17(3)13-36(18(4)15-37)25(38)21-7-6-8-22(24(21)41-23)34-26(39)33-20-11-9-19(10-12-20)28(29,30)31/h6-12,16-18,23,37H,13-15H2,1-5H3,(H,32,40)(H2,33,34,39)/t17-,18+,23-/m0/s1. The molecule has 0 bridgehead atoms. The predicted molar refractivity (Wildman–Crippen MR) is 148 cm³/mol. The number of nitrogens with one attached hydrogen (secondary N) is 3. The first-order valence-corrected chi connectivity index (χ1v) is 13.2. The van der Waals surface area contributed by atoms with E-state index in [4.69, 9.17) is 4.74 Å². The Morgan fingerprint density at radius 2 is 1.78 bits per heavy atom. The number of alkyl halides is 3. The van der Waals surface area contributed by atoms with Crippen molar-refractivity contribution in [3.63, 3.8) is 0 Å². The van der Waals surface area contributed by atoms with Gasteiger partial charge < -0.3 is 35.6 Å². The number of para-hydroxylation sites is 1. The number of benzene rings is 2. The lowest BCUT2D eigenvalue weighted by atomic mass is 9.99. The van der Waals surface area contributed by atoms with Gasteiger partial charge in [0.2, 0.25) is 0 Å². The van der Waals surface area contributed by atoms with E-state index in [0.29, 0.717) is 0 Å². The van der Waals surface area contributed by atoms with Crippen molar-refractivity contribution >= 4 is 29.3 Å². The summed E-state index contributed by atoms with van der Waals surface area (Å²) in [6.45, 7) is 7.38.